The minimum Gasteiger partial charge on any atom is -0.321 e. The van der Waals surface area contributed by atoms with Gasteiger partial charge in [0.2, 0.25) is 0 Å². The van der Waals surface area contributed by atoms with Gasteiger partial charge in [0.1, 0.15) is 11.0 Å². The van der Waals surface area contributed by atoms with Crippen LogP contribution in [0.5, 0.6) is 0 Å². The molecule has 0 aliphatic carbocycles. The molecule has 2 aromatic rings. The number of amides is 1. The van der Waals surface area contributed by atoms with Crippen molar-refractivity contribution in [2.45, 2.75) is 19.8 Å². The summed E-state index contributed by atoms with van der Waals surface area (Å²) in [4.78, 5) is 16.4. The Labute approximate surface area is 132 Å². The molecule has 1 N–H and O–H groups in total. The zero-order chi connectivity index (χ0) is 15.4. The van der Waals surface area contributed by atoms with E-state index in [-0.39, 0.29) is 16.1 Å². The maximum absolute atomic E-state index is 13.0. The molecule has 6 heteroatoms. The van der Waals surface area contributed by atoms with Crippen molar-refractivity contribution in [1.29, 1.82) is 0 Å². The molecule has 0 saturated carbocycles. The maximum Gasteiger partial charge on any atom is 0.255 e. The number of aromatic nitrogens is 1. The molecule has 1 amide bonds. The number of aryl methyl sites for hydroxylation is 1. The van der Waals surface area contributed by atoms with Crippen LogP contribution in [0.25, 0.3) is 0 Å². The third-order valence-corrected chi connectivity index (χ3v) is 3.30. The monoisotopic (exact) mass is 326 g/mol. The largest absolute Gasteiger partial charge is 0.321 e. The molecular weight excluding hydrogens is 314 g/mol. The van der Waals surface area contributed by atoms with Gasteiger partial charge >= 0.3 is 0 Å². The van der Waals surface area contributed by atoms with E-state index in [1.807, 2.05) is 6.92 Å². The Morgan fingerprint density at radius 1 is 1.29 bits per heavy atom. The first-order valence-corrected chi connectivity index (χ1v) is 7.18. The van der Waals surface area contributed by atoms with E-state index in [0.29, 0.717) is 11.3 Å². The Morgan fingerprint density at radius 2 is 2.05 bits per heavy atom. The van der Waals surface area contributed by atoms with Gasteiger partial charge in [0.05, 0.1) is 10.7 Å². The van der Waals surface area contributed by atoms with E-state index in [9.17, 15) is 9.18 Å². The normalized spacial score (nSPS) is 10.5. The lowest BCUT2D eigenvalue weighted by Crippen LogP contribution is -2.13. The number of carbonyl (C=O) groups excluding carboxylic acids is 1. The molecule has 1 aromatic heterocycles. The number of hydrogen-bond donors (Lipinski definition) is 1. The Hall–Kier alpha value is -1.65. The predicted molar refractivity (Wildman–Crippen MR) is 82.6 cm³/mol. The molecule has 1 heterocycles. The van der Waals surface area contributed by atoms with E-state index in [4.69, 9.17) is 23.2 Å². The molecule has 2 rings (SSSR count). The number of nitrogens with zero attached hydrogens (tertiary/aromatic N) is 1. The standard InChI is InChI=1S/C15H13Cl2FN2O/c1-2-3-11-6-9(7-14(17)19-11)15(21)20-13-5-4-10(18)8-12(13)16/h4-8H,2-3H2,1H3,(H,20,21). The molecule has 0 aliphatic heterocycles. The summed E-state index contributed by atoms with van der Waals surface area (Å²) in [6.07, 6.45) is 1.64. The van der Waals surface area contributed by atoms with Crippen LogP contribution in [0.1, 0.15) is 29.4 Å². The van der Waals surface area contributed by atoms with Crippen LogP contribution in [0.15, 0.2) is 30.3 Å². The molecule has 3 nitrogen and oxygen atoms in total. The molecule has 110 valence electrons. The number of pyridine rings is 1. The van der Waals surface area contributed by atoms with Gasteiger partial charge in [0.15, 0.2) is 0 Å². The van der Waals surface area contributed by atoms with Crippen molar-refractivity contribution in [3.63, 3.8) is 0 Å². The van der Waals surface area contributed by atoms with Crippen LogP contribution in [0.4, 0.5) is 10.1 Å². The van der Waals surface area contributed by atoms with Gasteiger partial charge in [0, 0.05) is 11.3 Å². The van der Waals surface area contributed by atoms with E-state index in [2.05, 4.69) is 10.3 Å². The van der Waals surface area contributed by atoms with E-state index in [1.54, 1.807) is 6.07 Å². The quantitative estimate of drug-likeness (QED) is 0.825. The van der Waals surface area contributed by atoms with Crippen LogP contribution in [0.3, 0.4) is 0 Å². The molecule has 0 unspecified atom stereocenters. The zero-order valence-corrected chi connectivity index (χ0v) is 12.8. The topological polar surface area (TPSA) is 42.0 Å². The molecule has 0 saturated heterocycles. The maximum atomic E-state index is 13.0. The Kier molecular flexibility index (Phi) is 5.15. The molecule has 0 aliphatic rings. The highest BCUT2D eigenvalue weighted by molar-refractivity contribution is 6.34. The fourth-order valence-electron chi connectivity index (χ4n) is 1.85. The Balaban J connectivity index is 2.23. The number of carbonyl (C=O) groups is 1. The van der Waals surface area contributed by atoms with Gasteiger partial charge in [-0.1, -0.05) is 36.5 Å². The van der Waals surface area contributed by atoms with Crippen LogP contribution < -0.4 is 5.32 Å². The molecule has 1 aromatic carbocycles. The van der Waals surface area contributed by atoms with Gasteiger partial charge < -0.3 is 5.32 Å². The Morgan fingerprint density at radius 3 is 2.71 bits per heavy atom. The minimum absolute atomic E-state index is 0.136. The second kappa shape index (κ2) is 6.87. The van der Waals surface area contributed by atoms with E-state index in [0.717, 1.165) is 24.6 Å². The molecule has 0 radical (unpaired) electrons. The van der Waals surface area contributed by atoms with Gasteiger partial charge in [-0.15, -0.1) is 0 Å². The zero-order valence-electron chi connectivity index (χ0n) is 11.3. The number of halogens is 3. The summed E-state index contributed by atoms with van der Waals surface area (Å²) in [6.45, 7) is 2.01. The molecule has 21 heavy (non-hydrogen) atoms. The average Bonchev–Trinajstić information content (AvgIpc) is 2.41. The lowest BCUT2D eigenvalue weighted by Gasteiger charge is -2.09. The van der Waals surface area contributed by atoms with Crippen molar-refractivity contribution in [2.24, 2.45) is 0 Å². The summed E-state index contributed by atoms with van der Waals surface area (Å²) in [7, 11) is 0. The van der Waals surface area contributed by atoms with Gasteiger partial charge in [-0.2, -0.15) is 0 Å². The van der Waals surface area contributed by atoms with Crippen LogP contribution in [-0.4, -0.2) is 10.9 Å². The van der Waals surface area contributed by atoms with Gasteiger partial charge in [-0.25, -0.2) is 9.37 Å². The summed E-state index contributed by atoms with van der Waals surface area (Å²) in [5, 5.41) is 3.02. The number of benzene rings is 1. The predicted octanol–water partition coefficient (Wildman–Crippen LogP) is 4.73. The molecule has 0 atom stereocenters. The van der Waals surface area contributed by atoms with Crippen molar-refractivity contribution in [2.75, 3.05) is 5.32 Å². The second-order valence-electron chi connectivity index (χ2n) is 4.50. The first kappa shape index (κ1) is 15.7. The summed E-state index contributed by atoms with van der Waals surface area (Å²) in [6, 6.07) is 6.93. The molecular formula is C15H13Cl2FN2O. The highest BCUT2D eigenvalue weighted by Crippen LogP contribution is 2.23. The summed E-state index contributed by atoms with van der Waals surface area (Å²) in [5.74, 6) is -0.833. The third-order valence-electron chi connectivity index (χ3n) is 2.79. The lowest BCUT2D eigenvalue weighted by atomic mass is 10.1. The number of nitrogens with one attached hydrogen (secondary N) is 1. The van der Waals surface area contributed by atoms with Gasteiger partial charge in [-0.3, -0.25) is 4.79 Å². The number of anilines is 1. The number of rotatable bonds is 4. The lowest BCUT2D eigenvalue weighted by molar-refractivity contribution is 0.102. The molecule has 0 spiro atoms. The van der Waals surface area contributed by atoms with E-state index >= 15 is 0 Å². The van der Waals surface area contributed by atoms with Crippen molar-refractivity contribution in [1.82, 2.24) is 4.98 Å². The van der Waals surface area contributed by atoms with Crippen molar-refractivity contribution < 1.29 is 9.18 Å². The number of hydrogen-bond acceptors (Lipinski definition) is 2. The Bertz CT molecular complexity index is 677. The van der Waals surface area contributed by atoms with E-state index in [1.165, 1.54) is 18.2 Å². The van der Waals surface area contributed by atoms with Crippen LogP contribution >= 0.6 is 23.2 Å². The summed E-state index contributed by atoms with van der Waals surface area (Å²) in [5.41, 5.74) is 1.48. The van der Waals surface area contributed by atoms with Crippen molar-refractivity contribution >= 4 is 34.8 Å². The average molecular weight is 327 g/mol. The fourth-order valence-corrected chi connectivity index (χ4v) is 2.29. The van der Waals surface area contributed by atoms with Crippen LogP contribution in [0.2, 0.25) is 10.2 Å². The first-order valence-electron chi connectivity index (χ1n) is 6.42. The molecule has 0 fully saturated rings. The smallest absolute Gasteiger partial charge is 0.255 e. The van der Waals surface area contributed by atoms with Gasteiger partial charge in [0.25, 0.3) is 5.91 Å². The third kappa shape index (κ3) is 4.16. The first-order chi connectivity index (χ1) is 9.99. The SMILES string of the molecule is CCCc1cc(C(=O)Nc2ccc(F)cc2Cl)cc(Cl)n1. The highest BCUT2D eigenvalue weighted by Gasteiger charge is 2.11. The van der Waals surface area contributed by atoms with Crippen molar-refractivity contribution in [3.05, 3.63) is 57.6 Å². The van der Waals surface area contributed by atoms with E-state index < -0.39 is 5.82 Å². The van der Waals surface area contributed by atoms with Crippen LogP contribution in [0, 0.1) is 5.82 Å². The highest BCUT2D eigenvalue weighted by atomic mass is 35.5. The van der Waals surface area contributed by atoms with Gasteiger partial charge in [-0.05, 0) is 36.8 Å². The molecule has 0 bridgehead atoms. The minimum atomic E-state index is -0.463. The van der Waals surface area contributed by atoms with Crippen LogP contribution in [-0.2, 0) is 6.42 Å². The van der Waals surface area contributed by atoms with Crippen molar-refractivity contribution in [3.8, 4) is 0 Å². The summed E-state index contributed by atoms with van der Waals surface area (Å²) >= 11 is 11.8. The fraction of sp³-hybridized carbons (Fsp3) is 0.200. The summed E-state index contributed by atoms with van der Waals surface area (Å²) < 4.78 is 13.0. The second-order valence-corrected chi connectivity index (χ2v) is 5.29.